The van der Waals surface area contributed by atoms with Crippen molar-refractivity contribution in [2.24, 2.45) is 5.73 Å². The average Bonchev–Trinajstić information content (AvgIpc) is 2.26. The Morgan fingerprint density at radius 2 is 2.31 bits per heavy atom. The van der Waals surface area contributed by atoms with Crippen LogP contribution in [0.1, 0.15) is 22.3 Å². The Kier molecular flexibility index (Phi) is 4.66. The highest BCUT2D eigenvalue weighted by Gasteiger charge is 2.06. The summed E-state index contributed by atoms with van der Waals surface area (Å²) >= 11 is 0. The summed E-state index contributed by atoms with van der Waals surface area (Å²) in [6.07, 6.45) is 2.63. The summed E-state index contributed by atoms with van der Waals surface area (Å²) in [5.41, 5.74) is 5.75. The van der Waals surface area contributed by atoms with Crippen LogP contribution in [0.4, 0.5) is 4.39 Å². The minimum absolute atomic E-state index is 0.187. The maximum absolute atomic E-state index is 13.5. The van der Waals surface area contributed by atoms with Gasteiger partial charge in [0.25, 0.3) is 0 Å². The summed E-state index contributed by atoms with van der Waals surface area (Å²) in [5, 5.41) is 3.06. The van der Waals surface area contributed by atoms with Gasteiger partial charge in [0.2, 0.25) is 5.91 Å². The molecule has 3 nitrogen and oxygen atoms in total. The van der Waals surface area contributed by atoms with Gasteiger partial charge in [-0.15, -0.1) is 6.58 Å². The number of benzene rings is 1. The van der Waals surface area contributed by atoms with Crippen molar-refractivity contribution in [2.75, 3.05) is 6.54 Å². The number of hydrogen-bond acceptors (Lipinski definition) is 2. The van der Waals surface area contributed by atoms with Crippen LogP contribution >= 0.6 is 0 Å². The standard InChI is InChI=1S/C12H15FN2O/c1-2-3-6-15-8-10-5-4-9(12(14)16)7-11(10)13/h2,4-5,7,15H,1,3,6,8H2,(H2,14,16). The Labute approximate surface area is 94.1 Å². The van der Waals surface area contributed by atoms with Crippen LogP contribution in [-0.2, 0) is 6.54 Å². The SMILES string of the molecule is C=CCCNCc1ccc(C(N)=O)cc1F. The maximum Gasteiger partial charge on any atom is 0.248 e. The molecule has 4 heteroatoms. The molecular weight excluding hydrogens is 207 g/mol. The fourth-order valence-corrected chi connectivity index (χ4v) is 1.27. The zero-order valence-electron chi connectivity index (χ0n) is 9.00. The van der Waals surface area contributed by atoms with E-state index in [9.17, 15) is 9.18 Å². The molecule has 1 amide bonds. The van der Waals surface area contributed by atoms with Gasteiger partial charge in [0, 0.05) is 17.7 Å². The second-order valence-corrected chi connectivity index (χ2v) is 3.42. The third-order valence-corrected chi connectivity index (χ3v) is 2.18. The maximum atomic E-state index is 13.5. The molecule has 0 atom stereocenters. The van der Waals surface area contributed by atoms with Crippen LogP contribution in [0, 0.1) is 5.82 Å². The van der Waals surface area contributed by atoms with Gasteiger partial charge in [0.05, 0.1) is 0 Å². The van der Waals surface area contributed by atoms with E-state index in [0.29, 0.717) is 12.1 Å². The van der Waals surface area contributed by atoms with E-state index in [2.05, 4.69) is 11.9 Å². The van der Waals surface area contributed by atoms with Gasteiger partial charge in [-0.25, -0.2) is 4.39 Å². The molecule has 0 saturated heterocycles. The van der Waals surface area contributed by atoms with Gasteiger partial charge >= 0.3 is 0 Å². The summed E-state index contributed by atoms with van der Waals surface area (Å²) in [6, 6.07) is 4.25. The normalized spacial score (nSPS) is 10.1. The Bertz CT molecular complexity index is 391. The first-order valence-corrected chi connectivity index (χ1v) is 5.05. The molecule has 1 aromatic carbocycles. The van der Waals surface area contributed by atoms with Gasteiger partial charge in [0.15, 0.2) is 0 Å². The average molecular weight is 222 g/mol. The highest BCUT2D eigenvalue weighted by molar-refractivity contribution is 5.92. The lowest BCUT2D eigenvalue weighted by molar-refractivity contribution is 0.1000. The predicted molar refractivity (Wildman–Crippen MR) is 61.4 cm³/mol. The van der Waals surface area contributed by atoms with Crippen molar-refractivity contribution in [1.29, 1.82) is 0 Å². The fraction of sp³-hybridized carbons (Fsp3) is 0.250. The molecule has 16 heavy (non-hydrogen) atoms. The molecule has 86 valence electrons. The minimum atomic E-state index is -0.620. The second-order valence-electron chi connectivity index (χ2n) is 3.42. The predicted octanol–water partition coefficient (Wildman–Crippen LogP) is 1.59. The summed E-state index contributed by atoms with van der Waals surface area (Å²) in [4.78, 5) is 10.8. The first-order chi connectivity index (χ1) is 7.65. The first-order valence-electron chi connectivity index (χ1n) is 5.05. The van der Waals surface area contributed by atoms with Crippen LogP contribution in [0.5, 0.6) is 0 Å². The smallest absolute Gasteiger partial charge is 0.248 e. The third kappa shape index (κ3) is 3.47. The van der Waals surface area contributed by atoms with Crippen molar-refractivity contribution in [3.63, 3.8) is 0 Å². The van der Waals surface area contributed by atoms with Gasteiger partial charge in [0.1, 0.15) is 5.82 Å². The lowest BCUT2D eigenvalue weighted by Crippen LogP contribution is -2.16. The summed E-state index contributed by atoms with van der Waals surface area (Å²) in [6.45, 7) is 4.77. The van der Waals surface area contributed by atoms with Crippen LogP contribution in [-0.4, -0.2) is 12.5 Å². The lowest BCUT2D eigenvalue weighted by Gasteiger charge is -2.05. The van der Waals surface area contributed by atoms with Gasteiger partial charge in [-0.3, -0.25) is 4.79 Å². The molecule has 1 aromatic rings. The Morgan fingerprint density at radius 3 is 2.88 bits per heavy atom. The molecule has 0 fully saturated rings. The molecule has 0 spiro atoms. The van der Waals surface area contributed by atoms with Crippen molar-refractivity contribution >= 4 is 5.91 Å². The topological polar surface area (TPSA) is 55.1 Å². The van der Waals surface area contributed by atoms with Crippen LogP contribution in [0.3, 0.4) is 0 Å². The summed E-state index contributed by atoms with van der Waals surface area (Å²) in [7, 11) is 0. The van der Waals surface area contributed by atoms with Crippen molar-refractivity contribution in [2.45, 2.75) is 13.0 Å². The number of carbonyl (C=O) groups excluding carboxylic acids is 1. The molecule has 0 radical (unpaired) electrons. The number of hydrogen-bond donors (Lipinski definition) is 2. The zero-order chi connectivity index (χ0) is 12.0. The highest BCUT2D eigenvalue weighted by atomic mass is 19.1. The number of primary amides is 1. The van der Waals surface area contributed by atoms with E-state index >= 15 is 0 Å². The van der Waals surface area contributed by atoms with Crippen molar-refractivity contribution in [1.82, 2.24) is 5.32 Å². The second kappa shape index (κ2) is 6.02. The van der Waals surface area contributed by atoms with E-state index in [1.165, 1.54) is 6.07 Å². The van der Waals surface area contributed by atoms with Crippen molar-refractivity contribution < 1.29 is 9.18 Å². The number of carbonyl (C=O) groups is 1. The summed E-state index contributed by atoms with van der Waals surface area (Å²) < 4.78 is 13.5. The molecule has 0 aliphatic heterocycles. The van der Waals surface area contributed by atoms with Crippen molar-refractivity contribution in [3.05, 3.63) is 47.8 Å². The van der Waals surface area contributed by atoms with Gasteiger partial charge in [-0.05, 0) is 25.1 Å². The molecule has 0 aromatic heterocycles. The van der Waals surface area contributed by atoms with E-state index in [1.54, 1.807) is 12.1 Å². The number of rotatable bonds is 6. The molecule has 0 bridgehead atoms. The Morgan fingerprint density at radius 1 is 1.56 bits per heavy atom. The number of nitrogens with two attached hydrogens (primary N) is 1. The molecule has 3 N–H and O–H groups in total. The largest absolute Gasteiger partial charge is 0.366 e. The number of nitrogens with one attached hydrogen (secondary N) is 1. The summed E-state index contributed by atoms with van der Waals surface area (Å²) in [5.74, 6) is -1.03. The van der Waals surface area contributed by atoms with E-state index in [4.69, 9.17) is 5.73 Å². The first kappa shape index (κ1) is 12.4. The van der Waals surface area contributed by atoms with Gasteiger partial charge in [-0.2, -0.15) is 0 Å². The van der Waals surface area contributed by atoms with E-state index < -0.39 is 11.7 Å². The third-order valence-electron chi connectivity index (χ3n) is 2.18. The van der Waals surface area contributed by atoms with Crippen LogP contribution in [0.25, 0.3) is 0 Å². The van der Waals surface area contributed by atoms with Crippen LogP contribution in [0.15, 0.2) is 30.9 Å². The number of halogens is 1. The minimum Gasteiger partial charge on any atom is -0.366 e. The monoisotopic (exact) mass is 222 g/mol. The zero-order valence-corrected chi connectivity index (χ0v) is 9.00. The van der Waals surface area contributed by atoms with Crippen LogP contribution in [0.2, 0.25) is 0 Å². The lowest BCUT2D eigenvalue weighted by atomic mass is 10.1. The molecule has 0 saturated carbocycles. The van der Waals surface area contributed by atoms with E-state index in [0.717, 1.165) is 19.0 Å². The van der Waals surface area contributed by atoms with Crippen LogP contribution < -0.4 is 11.1 Å². The van der Waals surface area contributed by atoms with E-state index in [1.807, 2.05) is 0 Å². The molecular formula is C12H15FN2O. The molecule has 0 unspecified atom stereocenters. The number of amides is 1. The Hall–Kier alpha value is -1.68. The van der Waals surface area contributed by atoms with E-state index in [-0.39, 0.29) is 5.56 Å². The fourth-order valence-electron chi connectivity index (χ4n) is 1.27. The molecule has 0 aliphatic carbocycles. The molecule has 1 rings (SSSR count). The van der Waals surface area contributed by atoms with Gasteiger partial charge in [-0.1, -0.05) is 12.1 Å². The Balaban J connectivity index is 2.61. The highest BCUT2D eigenvalue weighted by Crippen LogP contribution is 2.09. The molecule has 0 aliphatic rings. The molecule has 0 heterocycles. The van der Waals surface area contributed by atoms with Gasteiger partial charge < -0.3 is 11.1 Å². The van der Waals surface area contributed by atoms with Crippen molar-refractivity contribution in [3.8, 4) is 0 Å². The quantitative estimate of drug-likeness (QED) is 0.567.